The van der Waals surface area contributed by atoms with Crippen LogP contribution in [0.3, 0.4) is 0 Å². The Hall–Kier alpha value is -1.44. The number of amides is 1. The molecule has 0 aliphatic rings. The number of carbonyl (C=O) groups is 1. The van der Waals surface area contributed by atoms with Gasteiger partial charge in [-0.3, -0.25) is 9.48 Å². The lowest BCUT2D eigenvalue weighted by Crippen LogP contribution is -2.20. The number of hydrogen-bond acceptors (Lipinski definition) is 5. The number of aromatic nitrogens is 2. The van der Waals surface area contributed by atoms with Crippen molar-refractivity contribution in [2.75, 3.05) is 38.8 Å². The fourth-order valence-corrected chi connectivity index (χ4v) is 1.18. The fourth-order valence-electron chi connectivity index (χ4n) is 1.18. The van der Waals surface area contributed by atoms with Crippen LogP contribution in [0.25, 0.3) is 0 Å². The van der Waals surface area contributed by atoms with E-state index in [1.54, 1.807) is 24.2 Å². The van der Waals surface area contributed by atoms with Gasteiger partial charge in [0.15, 0.2) is 0 Å². The highest BCUT2D eigenvalue weighted by molar-refractivity contribution is 5.91. The van der Waals surface area contributed by atoms with Crippen LogP contribution in [0.15, 0.2) is 12.4 Å². The zero-order valence-electron chi connectivity index (χ0n) is 9.89. The molecule has 1 aromatic rings. The minimum atomic E-state index is -0.218. The van der Waals surface area contributed by atoms with E-state index in [0.29, 0.717) is 32.0 Å². The van der Waals surface area contributed by atoms with Crippen LogP contribution in [0.4, 0.5) is 5.69 Å². The van der Waals surface area contributed by atoms with Crippen molar-refractivity contribution in [2.45, 2.75) is 6.54 Å². The maximum Gasteiger partial charge on any atom is 0.250 e. The van der Waals surface area contributed by atoms with Crippen molar-refractivity contribution in [1.29, 1.82) is 0 Å². The molecule has 0 aromatic carbocycles. The Morgan fingerprint density at radius 2 is 2.41 bits per heavy atom. The van der Waals surface area contributed by atoms with Gasteiger partial charge in [-0.05, 0) is 0 Å². The lowest BCUT2D eigenvalue weighted by molar-refractivity contribution is -0.120. The van der Waals surface area contributed by atoms with E-state index in [1.807, 2.05) is 0 Å². The first-order valence-corrected chi connectivity index (χ1v) is 5.35. The highest BCUT2D eigenvalue weighted by Gasteiger charge is 2.04. The van der Waals surface area contributed by atoms with E-state index in [0.717, 1.165) is 0 Å². The van der Waals surface area contributed by atoms with Crippen molar-refractivity contribution in [3.8, 4) is 0 Å². The van der Waals surface area contributed by atoms with Crippen LogP contribution < -0.4 is 11.1 Å². The number of rotatable bonds is 8. The summed E-state index contributed by atoms with van der Waals surface area (Å²) in [5.41, 5.74) is 5.88. The van der Waals surface area contributed by atoms with Crippen molar-refractivity contribution >= 4 is 11.6 Å². The van der Waals surface area contributed by atoms with Crippen LogP contribution in [-0.4, -0.2) is 49.2 Å². The molecule has 0 unspecified atom stereocenters. The molecule has 0 atom stereocenters. The number of anilines is 1. The van der Waals surface area contributed by atoms with Gasteiger partial charge in [0.25, 0.3) is 0 Å². The topological polar surface area (TPSA) is 91.4 Å². The normalized spacial score (nSPS) is 10.5. The Kier molecular flexibility index (Phi) is 6.23. The summed E-state index contributed by atoms with van der Waals surface area (Å²) in [7, 11) is 1.63. The molecule has 7 heteroatoms. The Morgan fingerprint density at radius 3 is 3.12 bits per heavy atom. The van der Waals surface area contributed by atoms with Crippen LogP contribution in [0.2, 0.25) is 0 Å². The minimum Gasteiger partial charge on any atom is -0.383 e. The summed E-state index contributed by atoms with van der Waals surface area (Å²) >= 11 is 0. The van der Waals surface area contributed by atoms with Crippen LogP contribution >= 0.6 is 0 Å². The lowest BCUT2D eigenvalue weighted by atomic mass is 10.5. The second-order valence-electron chi connectivity index (χ2n) is 3.37. The maximum atomic E-state index is 11.4. The van der Waals surface area contributed by atoms with E-state index >= 15 is 0 Å². The molecule has 17 heavy (non-hydrogen) atoms. The molecule has 0 aliphatic heterocycles. The molecule has 0 saturated carbocycles. The van der Waals surface area contributed by atoms with Crippen molar-refractivity contribution in [3.63, 3.8) is 0 Å². The first kappa shape index (κ1) is 13.6. The summed E-state index contributed by atoms with van der Waals surface area (Å²) in [5.74, 6) is -0.218. The molecule has 96 valence electrons. The highest BCUT2D eigenvalue weighted by Crippen LogP contribution is 2.04. The Morgan fingerprint density at radius 1 is 1.59 bits per heavy atom. The molecule has 7 nitrogen and oxygen atoms in total. The second-order valence-corrected chi connectivity index (χ2v) is 3.37. The Bertz CT molecular complexity index is 340. The molecule has 0 aliphatic carbocycles. The Labute approximate surface area is 99.9 Å². The van der Waals surface area contributed by atoms with E-state index < -0.39 is 0 Å². The van der Waals surface area contributed by atoms with Crippen molar-refractivity contribution in [1.82, 2.24) is 9.78 Å². The predicted molar refractivity (Wildman–Crippen MR) is 62.6 cm³/mol. The summed E-state index contributed by atoms with van der Waals surface area (Å²) in [6.07, 6.45) is 3.32. The zero-order chi connectivity index (χ0) is 12.5. The van der Waals surface area contributed by atoms with Gasteiger partial charge in [0.1, 0.15) is 6.61 Å². The Balaban J connectivity index is 2.30. The molecule has 1 aromatic heterocycles. The van der Waals surface area contributed by atoms with Gasteiger partial charge in [0.2, 0.25) is 5.91 Å². The standard InChI is InChI=1S/C10H18N4O3/c1-16-5-3-14-7-9(6-12-14)13-10(15)8-17-4-2-11/h6-7H,2-5,8,11H2,1H3,(H,13,15). The zero-order valence-corrected chi connectivity index (χ0v) is 9.89. The molecular formula is C10H18N4O3. The minimum absolute atomic E-state index is 0.000448. The van der Waals surface area contributed by atoms with Crippen LogP contribution in [0.5, 0.6) is 0 Å². The van der Waals surface area contributed by atoms with Crippen LogP contribution in [-0.2, 0) is 20.8 Å². The molecule has 0 fully saturated rings. The van der Waals surface area contributed by atoms with Gasteiger partial charge < -0.3 is 20.5 Å². The van der Waals surface area contributed by atoms with Crippen LogP contribution in [0, 0.1) is 0 Å². The summed E-state index contributed by atoms with van der Waals surface area (Å²) in [6, 6.07) is 0. The van der Waals surface area contributed by atoms with Gasteiger partial charge in [-0.25, -0.2) is 0 Å². The fraction of sp³-hybridized carbons (Fsp3) is 0.600. The van der Waals surface area contributed by atoms with Gasteiger partial charge >= 0.3 is 0 Å². The maximum absolute atomic E-state index is 11.4. The third-order valence-electron chi connectivity index (χ3n) is 1.94. The van der Waals surface area contributed by atoms with Crippen molar-refractivity contribution in [3.05, 3.63) is 12.4 Å². The average molecular weight is 242 g/mol. The van der Waals surface area contributed by atoms with E-state index in [4.69, 9.17) is 15.2 Å². The number of hydrogen-bond donors (Lipinski definition) is 2. The molecule has 0 saturated heterocycles. The van der Waals surface area contributed by atoms with E-state index in [-0.39, 0.29) is 12.5 Å². The first-order valence-electron chi connectivity index (χ1n) is 5.35. The van der Waals surface area contributed by atoms with Crippen molar-refractivity contribution < 1.29 is 14.3 Å². The highest BCUT2D eigenvalue weighted by atomic mass is 16.5. The van der Waals surface area contributed by atoms with Crippen molar-refractivity contribution in [2.24, 2.45) is 5.73 Å². The van der Waals surface area contributed by atoms with Gasteiger partial charge in [-0.2, -0.15) is 5.10 Å². The number of ether oxygens (including phenoxy) is 2. The predicted octanol–water partition coefficient (Wildman–Crippen LogP) is -0.557. The monoisotopic (exact) mass is 242 g/mol. The molecule has 1 rings (SSSR count). The van der Waals surface area contributed by atoms with Gasteiger partial charge in [-0.15, -0.1) is 0 Å². The second kappa shape index (κ2) is 7.77. The lowest BCUT2D eigenvalue weighted by Gasteiger charge is -2.03. The van der Waals surface area contributed by atoms with Gasteiger partial charge in [0, 0.05) is 19.9 Å². The number of nitrogens with two attached hydrogens (primary N) is 1. The quantitative estimate of drug-likeness (QED) is 0.596. The smallest absolute Gasteiger partial charge is 0.250 e. The molecule has 0 bridgehead atoms. The molecule has 0 spiro atoms. The number of nitrogens with zero attached hydrogens (tertiary/aromatic N) is 2. The summed E-state index contributed by atoms with van der Waals surface area (Å²) in [4.78, 5) is 11.4. The van der Waals surface area contributed by atoms with E-state index in [9.17, 15) is 4.79 Å². The number of nitrogens with one attached hydrogen (secondary N) is 1. The summed E-state index contributed by atoms with van der Waals surface area (Å²) in [6.45, 7) is 2.01. The van der Waals surface area contributed by atoms with E-state index in [1.165, 1.54) is 0 Å². The third-order valence-corrected chi connectivity index (χ3v) is 1.94. The number of carbonyl (C=O) groups excluding carboxylic acids is 1. The third kappa shape index (κ3) is 5.43. The summed E-state index contributed by atoms with van der Waals surface area (Å²) in [5, 5.41) is 6.73. The van der Waals surface area contributed by atoms with Crippen LogP contribution in [0.1, 0.15) is 0 Å². The van der Waals surface area contributed by atoms with Gasteiger partial charge in [-0.1, -0.05) is 0 Å². The number of methoxy groups -OCH3 is 1. The molecule has 0 radical (unpaired) electrons. The SMILES string of the molecule is COCCn1cc(NC(=O)COCCN)cn1. The molecular weight excluding hydrogens is 224 g/mol. The molecule has 1 heterocycles. The van der Waals surface area contributed by atoms with Gasteiger partial charge in [0.05, 0.1) is 31.6 Å². The largest absolute Gasteiger partial charge is 0.383 e. The molecule has 1 amide bonds. The van der Waals surface area contributed by atoms with E-state index in [2.05, 4.69) is 10.4 Å². The summed E-state index contributed by atoms with van der Waals surface area (Å²) < 4.78 is 11.6. The molecule has 3 N–H and O–H groups in total. The average Bonchev–Trinajstić information content (AvgIpc) is 2.74. The first-order chi connectivity index (χ1) is 8.26.